The molecule has 2 heterocycles. The smallest absolute Gasteiger partial charge is 0.319 e. The lowest BCUT2D eigenvalue weighted by atomic mass is 10.0. The van der Waals surface area contributed by atoms with Gasteiger partial charge in [0.1, 0.15) is 35.2 Å². The van der Waals surface area contributed by atoms with Crippen LogP contribution in [-0.2, 0) is 23.1 Å². The molecule has 1 fully saturated rings. The van der Waals surface area contributed by atoms with Crippen LogP contribution in [0.1, 0.15) is 22.5 Å². The zero-order valence-electron chi connectivity index (χ0n) is 22.4. The second-order valence-corrected chi connectivity index (χ2v) is 9.65. The Bertz CT molecular complexity index is 1440. The van der Waals surface area contributed by atoms with Gasteiger partial charge in [0.25, 0.3) is 5.91 Å². The fourth-order valence-corrected chi connectivity index (χ4v) is 4.67. The van der Waals surface area contributed by atoms with Gasteiger partial charge in [-0.3, -0.25) is 14.4 Å². The number of nitrogens with zero attached hydrogens (tertiary/aromatic N) is 2. The van der Waals surface area contributed by atoms with Gasteiger partial charge in [-0.1, -0.05) is 12.1 Å². The average Bonchev–Trinajstić information content (AvgIpc) is 3.56. The van der Waals surface area contributed by atoms with Gasteiger partial charge in [0, 0.05) is 32.3 Å². The number of carbonyl (C=O) groups excluding carboxylic acids is 4. The summed E-state index contributed by atoms with van der Waals surface area (Å²) in [5, 5.41) is 7.58. The Hall–Kier alpha value is -4.94. The van der Waals surface area contributed by atoms with Crippen molar-refractivity contribution in [3.8, 4) is 5.75 Å². The zero-order valence-corrected chi connectivity index (χ0v) is 22.4. The average molecular weight is 569 g/mol. The quantitative estimate of drug-likeness (QED) is 0.311. The molecule has 0 aliphatic carbocycles. The highest BCUT2D eigenvalue weighted by Crippen LogP contribution is 2.23. The molecule has 1 aliphatic rings. The maximum absolute atomic E-state index is 14.0. The first-order valence-corrected chi connectivity index (χ1v) is 12.7. The van der Waals surface area contributed by atoms with Crippen molar-refractivity contribution in [2.24, 2.45) is 12.8 Å². The van der Waals surface area contributed by atoms with Gasteiger partial charge in [-0.15, -0.1) is 0 Å². The Morgan fingerprint density at radius 1 is 1.10 bits per heavy atom. The highest BCUT2D eigenvalue weighted by atomic mass is 19.1. The van der Waals surface area contributed by atoms with Crippen LogP contribution in [0.5, 0.6) is 5.75 Å². The summed E-state index contributed by atoms with van der Waals surface area (Å²) in [6, 6.07) is 9.26. The Morgan fingerprint density at radius 2 is 1.83 bits per heavy atom. The van der Waals surface area contributed by atoms with E-state index < -0.39 is 53.5 Å². The Kier molecular flexibility index (Phi) is 8.85. The fraction of sp³-hybridized carbons (Fsp3) is 0.286. The highest BCUT2D eigenvalue weighted by molar-refractivity contribution is 5.98. The minimum Gasteiger partial charge on any atom is -0.497 e. The van der Waals surface area contributed by atoms with Gasteiger partial charge < -0.3 is 35.9 Å². The molecule has 1 saturated heterocycles. The van der Waals surface area contributed by atoms with Crippen molar-refractivity contribution in [3.63, 3.8) is 0 Å². The molecule has 1 aromatic heterocycles. The van der Waals surface area contributed by atoms with E-state index in [4.69, 9.17) is 10.5 Å². The number of hydrogen-bond acceptors (Lipinski definition) is 5. The number of likely N-dealkylation sites (tertiary alicyclic amines) is 1. The number of rotatable bonds is 9. The number of hydrogen-bond donors (Lipinski definition) is 4. The number of carbonyl (C=O) groups is 4. The third kappa shape index (κ3) is 6.99. The van der Waals surface area contributed by atoms with E-state index in [2.05, 4.69) is 16.0 Å². The van der Waals surface area contributed by atoms with Crippen LogP contribution in [0.2, 0.25) is 0 Å². The van der Waals surface area contributed by atoms with Gasteiger partial charge in [0.05, 0.1) is 18.8 Å². The molecular formula is C28H30F2N6O5. The first kappa shape index (κ1) is 29.1. The van der Waals surface area contributed by atoms with E-state index in [-0.39, 0.29) is 25.1 Å². The molecule has 0 radical (unpaired) electrons. The number of urea groups is 1. The van der Waals surface area contributed by atoms with Gasteiger partial charge in [-0.05, 0) is 48.4 Å². The lowest BCUT2D eigenvalue weighted by Gasteiger charge is -2.26. The summed E-state index contributed by atoms with van der Waals surface area (Å²) in [6.07, 6.45) is 1.79. The molecule has 41 heavy (non-hydrogen) atoms. The number of aromatic nitrogens is 1. The molecule has 13 heteroatoms. The number of aryl methyl sites for hydroxylation is 1. The standard InChI is InChI=1S/C28H30F2N6O5/c1-35-11-3-4-23(35)27(39)36-15-18(32-28(40)34-21-10-7-17(29)13-20(21)30)14-24(36)26(38)33-22(25(31)37)12-16-5-8-19(41-2)9-6-16/h3-11,13,18,22,24H,12,14-15H2,1-2H3,(H2,31,37)(H,33,38)(H2,32,34,40). The Balaban J connectivity index is 1.50. The predicted molar refractivity (Wildman–Crippen MR) is 145 cm³/mol. The summed E-state index contributed by atoms with van der Waals surface area (Å²) in [5.41, 5.74) is 6.38. The highest BCUT2D eigenvalue weighted by Gasteiger charge is 2.42. The lowest BCUT2D eigenvalue weighted by Crippen LogP contribution is -2.53. The number of benzene rings is 2. The molecule has 3 unspecified atom stereocenters. The summed E-state index contributed by atoms with van der Waals surface area (Å²) in [7, 11) is 3.20. The number of nitrogens with one attached hydrogen (secondary N) is 3. The van der Waals surface area contributed by atoms with Crippen molar-refractivity contribution in [3.05, 3.63) is 83.7 Å². The molecule has 3 atom stereocenters. The third-order valence-corrected chi connectivity index (χ3v) is 6.80. The molecule has 4 rings (SSSR count). The summed E-state index contributed by atoms with van der Waals surface area (Å²) >= 11 is 0. The van der Waals surface area contributed by atoms with Crippen molar-refractivity contribution < 1.29 is 32.7 Å². The second kappa shape index (κ2) is 12.5. The van der Waals surface area contributed by atoms with Crippen LogP contribution >= 0.6 is 0 Å². The molecular weight excluding hydrogens is 538 g/mol. The van der Waals surface area contributed by atoms with E-state index in [1.54, 1.807) is 54.2 Å². The summed E-state index contributed by atoms with van der Waals surface area (Å²) in [4.78, 5) is 53.0. The normalized spacial score (nSPS) is 17.0. The van der Waals surface area contributed by atoms with Crippen LogP contribution in [0.15, 0.2) is 60.8 Å². The number of primary amides is 1. The van der Waals surface area contributed by atoms with E-state index in [0.29, 0.717) is 17.5 Å². The number of amides is 5. The van der Waals surface area contributed by atoms with Crippen LogP contribution in [0.25, 0.3) is 0 Å². The first-order chi connectivity index (χ1) is 19.5. The second-order valence-electron chi connectivity index (χ2n) is 9.65. The topological polar surface area (TPSA) is 148 Å². The van der Waals surface area contributed by atoms with Crippen molar-refractivity contribution >= 4 is 29.4 Å². The summed E-state index contributed by atoms with van der Waals surface area (Å²) < 4.78 is 33.9. The lowest BCUT2D eigenvalue weighted by molar-refractivity contribution is -0.129. The van der Waals surface area contributed by atoms with Crippen LogP contribution in [-0.4, -0.2) is 65.0 Å². The molecule has 3 aromatic rings. The number of ether oxygens (including phenoxy) is 1. The number of halogens is 2. The zero-order chi connectivity index (χ0) is 29.7. The molecule has 0 saturated carbocycles. The molecule has 0 bridgehead atoms. The number of anilines is 1. The third-order valence-electron chi connectivity index (χ3n) is 6.80. The maximum Gasteiger partial charge on any atom is 0.319 e. The monoisotopic (exact) mass is 568 g/mol. The van der Waals surface area contributed by atoms with Crippen LogP contribution in [0.3, 0.4) is 0 Å². The van der Waals surface area contributed by atoms with Crippen molar-refractivity contribution in [1.29, 1.82) is 0 Å². The number of nitrogens with two attached hydrogens (primary N) is 1. The largest absolute Gasteiger partial charge is 0.497 e. The van der Waals surface area contributed by atoms with E-state index in [0.717, 1.165) is 17.7 Å². The van der Waals surface area contributed by atoms with Crippen molar-refractivity contribution in [2.45, 2.75) is 31.0 Å². The minimum atomic E-state index is -1.07. The molecule has 2 aromatic carbocycles. The SMILES string of the molecule is COc1ccc(CC(NC(=O)C2CC(NC(=O)Nc3ccc(F)cc3F)CN2C(=O)c2cccn2C)C(N)=O)cc1. The van der Waals surface area contributed by atoms with Crippen LogP contribution < -0.4 is 26.4 Å². The summed E-state index contributed by atoms with van der Waals surface area (Å²) in [5.74, 6) is -2.98. The molecule has 216 valence electrons. The summed E-state index contributed by atoms with van der Waals surface area (Å²) in [6.45, 7) is -0.0405. The molecule has 1 aliphatic heterocycles. The predicted octanol–water partition coefficient (Wildman–Crippen LogP) is 1.93. The fourth-order valence-electron chi connectivity index (χ4n) is 4.67. The van der Waals surface area contributed by atoms with Gasteiger partial charge >= 0.3 is 6.03 Å². The molecule has 5 N–H and O–H groups in total. The van der Waals surface area contributed by atoms with Gasteiger partial charge in [-0.25, -0.2) is 13.6 Å². The van der Waals surface area contributed by atoms with E-state index in [1.807, 2.05) is 0 Å². The minimum absolute atomic E-state index is 0.00926. The van der Waals surface area contributed by atoms with E-state index in [1.165, 1.54) is 12.0 Å². The van der Waals surface area contributed by atoms with Gasteiger partial charge in [0.2, 0.25) is 11.8 Å². The molecule has 11 nitrogen and oxygen atoms in total. The van der Waals surface area contributed by atoms with Crippen molar-refractivity contribution in [1.82, 2.24) is 20.1 Å². The molecule has 0 spiro atoms. The van der Waals surface area contributed by atoms with E-state index >= 15 is 0 Å². The molecule has 5 amide bonds. The Labute approximate surface area is 234 Å². The van der Waals surface area contributed by atoms with Gasteiger partial charge in [-0.2, -0.15) is 0 Å². The maximum atomic E-state index is 14.0. The first-order valence-electron chi connectivity index (χ1n) is 12.7. The van der Waals surface area contributed by atoms with E-state index in [9.17, 15) is 28.0 Å². The van der Waals surface area contributed by atoms with Gasteiger partial charge in [0.15, 0.2) is 0 Å². The Morgan fingerprint density at radius 3 is 2.44 bits per heavy atom. The van der Waals surface area contributed by atoms with Crippen molar-refractivity contribution in [2.75, 3.05) is 19.0 Å². The number of methoxy groups -OCH3 is 1. The van der Waals surface area contributed by atoms with Crippen LogP contribution in [0.4, 0.5) is 19.3 Å². The van der Waals surface area contributed by atoms with Crippen LogP contribution in [0, 0.1) is 11.6 Å².